The summed E-state index contributed by atoms with van der Waals surface area (Å²) in [6.45, 7) is 0.608. The average Bonchev–Trinajstić information content (AvgIpc) is 2.45. The van der Waals surface area contributed by atoms with E-state index in [1.54, 1.807) is 6.20 Å². The fourth-order valence-electron chi connectivity index (χ4n) is 1.68. The van der Waals surface area contributed by atoms with Gasteiger partial charge >= 0.3 is 0 Å². The smallest absolute Gasteiger partial charge is 0.283 e. The Bertz CT molecular complexity index is 640. The summed E-state index contributed by atoms with van der Waals surface area (Å²) in [5.41, 5.74) is 7.71. The van der Waals surface area contributed by atoms with Crippen molar-refractivity contribution >= 4 is 27.3 Å². The van der Waals surface area contributed by atoms with Crippen molar-refractivity contribution in [2.45, 2.75) is 13.1 Å². The minimum absolute atomic E-state index is 0.127. The SMILES string of the molecule is Nc1ccc(CNc2cnn(CCO)c(=O)c2Br)cc1. The van der Waals surface area contributed by atoms with Crippen LogP contribution in [0.2, 0.25) is 0 Å². The molecule has 0 amide bonds. The minimum Gasteiger partial charge on any atom is -0.399 e. The van der Waals surface area contributed by atoms with Crippen LogP contribution < -0.4 is 16.6 Å². The molecule has 0 bridgehead atoms. The second-order valence-electron chi connectivity index (χ2n) is 4.22. The van der Waals surface area contributed by atoms with Crippen molar-refractivity contribution in [1.29, 1.82) is 0 Å². The van der Waals surface area contributed by atoms with E-state index < -0.39 is 0 Å². The molecule has 0 saturated carbocycles. The predicted octanol–water partition coefficient (Wildman–Crippen LogP) is 1.19. The van der Waals surface area contributed by atoms with Crippen LogP contribution in [0.4, 0.5) is 11.4 Å². The fraction of sp³-hybridized carbons (Fsp3) is 0.231. The maximum atomic E-state index is 11.9. The molecule has 0 saturated heterocycles. The average molecular weight is 339 g/mol. The van der Waals surface area contributed by atoms with Crippen molar-refractivity contribution in [3.05, 3.63) is 50.9 Å². The normalized spacial score (nSPS) is 10.5. The number of nitrogens with zero attached hydrogens (tertiary/aromatic N) is 2. The van der Waals surface area contributed by atoms with E-state index in [9.17, 15) is 4.79 Å². The number of aromatic nitrogens is 2. The molecule has 0 aliphatic rings. The van der Waals surface area contributed by atoms with Gasteiger partial charge in [-0.1, -0.05) is 12.1 Å². The molecule has 106 valence electrons. The van der Waals surface area contributed by atoms with Gasteiger partial charge in [0.2, 0.25) is 0 Å². The lowest BCUT2D eigenvalue weighted by Crippen LogP contribution is -2.25. The van der Waals surface area contributed by atoms with Gasteiger partial charge in [0, 0.05) is 12.2 Å². The topological polar surface area (TPSA) is 93.2 Å². The molecule has 0 unspecified atom stereocenters. The maximum absolute atomic E-state index is 11.9. The zero-order valence-electron chi connectivity index (χ0n) is 10.7. The molecule has 0 radical (unpaired) electrons. The molecule has 1 aromatic heterocycles. The molecular weight excluding hydrogens is 324 g/mol. The van der Waals surface area contributed by atoms with Gasteiger partial charge in [-0.25, -0.2) is 4.68 Å². The lowest BCUT2D eigenvalue weighted by atomic mass is 10.2. The van der Waals surface area contributed by atoms with Gasteiger partial charge in [-0.05, 0) is 33.6 Å². The molecule has 20 heavy (non-hydrogen) atoms. The summed E-state index contributed by atoms with van der Waals surface area (Å²) in [6, 6.07) is 7.47. The first-order chi connectivity index (χ1) is 9.61. The van der Waals surface area contributed by atoms with Gasteiger partial charge < -0.3 is 16.2 Å². The highest BCUT2D eigenvalue weighted by Crippen LogP contribution is 2.17. The van der Waals surface area contributed by atoms with Crippen LogP contribution in [0.5, 0.6) is 0 Å². The van der Waals surface area contributed by atoms with Crippen molar-refractivity contribution in [2.24, 2.45) is 0 Å². The summed E-state index contributed by atoms with van der Waals surface area (Å²) in [5.74, 6) is 0. The Balaban J connectivity index is 2.12. The van der Waals surface area contributed by atoms with E-state index in [0.717, 1.165) is 5.56 Å². The highest BCUT2D eigenvalue weighted by molar-refractivity contribution is 9.10. The predicted molar refractivity (Wildman–Crippen MR) is 81.5 cm³/mol. The van der Waals surface area contributed by atoms with Crippen LogP contribution in [0.1, 0.15) is 5.56 Å². The molecule has 1 aromatic carbocycles. The number of benzene rings is 1. The second kappa shape index (κ2) is 6.53. The van der Waals surface area contributed by atoms with Crippen LogP contribution in [0, 0.1) is 0 Å². The van der Waals surface area contributed by atoms with Crippen molar-refractivity contribution in [2.75, 3.05) is 17.7 Å². The van der Waals surface area contributed by atoms with Crippen LogP contribution >= 0.6 is 15.9 Å². The van der Waals surface area contributed by atoms with E-state index in [-0.39, 0.29) is 18.7 Å². The third kappa shape index (κ3) is 3.37. The summed E-state index contributed by atoms with van der Waals surface area (Å²) in [6.07, 6.45) is 1.55. The Morgan fingerprint density at radius 3 is 2.70 bits per heavy atom. The number of nitrogen functional groups attached to an aromatic ring is 1. The third-order valence-electron chi connectivity index (χ3n) is 2.76. The fourth-order valence-corrected chi connectivity index (χ4v) is 2.12. The third-order valence-corrected chi connectivity index (χ3v) is 3.53. The Kier molecular flexibility index (Phi) is 4.75. The van der Waals surface area contributed by atoms with Gasteiger partial charge in [0.05, 0.1) is 25.0 Å². The Morgan fingerprint density at radius 1 is 1.35 bits per heavy atom. The number of hydrogen-bond donors (Lipinski definition) is 3. The molecule has 2 rings (SSSR count). The molecule has 0 aliphatic carbocycles. The molecule has 0 fully saturated rings. The summed E-state index contributed by atoms with van der Waals surface area (Å²) in [5, 5.41) is 16.0. The first-order valence-electron chi connectivity index (χ1n) is 6.06. The molecule has 4 N–H and O–H groups in total. The number of nitrogens with two attached hydrogens (primary N) is 1. The first kappa shape index (κ1) is 14.5. The number of nitrogens with one attached hydrogen (secondary N) is 1. The van der Waals surface area contributed by atoms with Gasteiger partial charge in [0.25, 0.3) is 5.56 Å². The quantitative estimate of drug-likeness (QED) is 0.712. The summed E-state index contributed by atoms with van der Waals surface area (Å²) in [7, 11) is 0. The second-order valence-corrected chi connectivity index (χ2v) is 5.01. The molecule has 0 atom stereocenters. The number of halogens is 1. The van der Waals surface area contributed by atoms with E-state index in [1.165, 1.54) is 4.68 Å². The standard InChI is InChI=1S/C13H15BrN4O2/c14-12-11(8-17-18(5-6-19)13(12)20)16-7-9-1-3-10(15)4-2-9/h1-4,8,16,19H,5-7,15H2. The van der Waals surface area contributed by atoms with Crippen molar-refractivity contribution < 1.29 is 5.11 Å². The molecule has 6 nitrogen and oxygen atoms in total. The van der Waals surface area contributed by atoms with Crippen LogP contribution in [0.25, 0.3) is 0 Å². The van der Waals surface area contributed by atoms with Crippen LogP contribution in [-0.2, 0) is 13.1 Å². The molecular formula is C13H15BrN4O2. The van der Waals surface area contributed by atoms with Crippen LogP contribution in [0.15, 0.2) is 39.7 Å². The summed E-state index contributed by atoms with van der Waals surface area (Å²) in [4.78, 5) is 11.9. The molecule has 2 aromatic rings. The minimum atomic E-state index is -0.277. The number of rotatable bonds is 5. The summed E-state index contributed by atoms with van der Waals surface area (Å²) < 4.78 is 1.61. The van der Waals surface area contributed by atoms with Gasteiger partial charge in [-0.15, -0.1) is 0 Å². The van der Waals surface area contributed by atoms with Gasteiger partial charge in [0.1, 0.15) is 4.47 Å². The van der Waals surface area contributed by atoms with Gasteiger partial charge in [-0.2, -0.15) is 5.10 Å². The number of aliphatic hydroxyl groups excluding tert-OH is 1. The van der Waals surface area contributed by atoms with Gasteiger partial charge in [0.15, 0.2) is 0 Å². The Morgan fingerprint density at radius 2 is 2.05 bits per heavy atom. The van der Waals surface area contributed by atoms with Crippen molar-refractivity contribution in [3.8, 4) is 0 Å². The van der Waals surface area contributed by atoms with Crippen molar-refractivity contribution in [3.63, 3.8) is 0 Å². The van der Waals surface area contributed by atoms with Crippen LogP contribution in [0.3, 0.4) is 0 Å². The first-order valence-corrected chi connectivity index (χ1v) is 6.86. The monoisotopic (exact) mass is 338 g/mol. The zero-order valence-corrected chi connectivity index (χ0v) is 12.3. The molecule has 7 heteroatoms. The molecule has 1 heterocycles. The van der Waals surface area contributed by atoms with E-state index in [2.05, 4.69) is 26.3 Å². The van der Waals surface area contributed by atoms with Crippen LogP contribution in [-0.4, -0.2) is 21.5 Å². The van der Waals surface area contributed by atoms with Gasteiger partial charge in [-0.3, -0.25) is 4.79 Å². The van der Waals surface area contributed by atoms with E-state index in [4.69, 9.17) is 10.8 Å². The Hall–Kier alpha value is -1.86. The maximum Gasteiger partial charge on any atom is 0.283 e. The lowest BCUT2D eigenvalue weighted by molar-refractivity contribution is 0.266. The highest BCUT2D eigenvalue weighted by Gasteiger charge is 2.08. The van der Waals surface area contributed by atoms with Crippen molar-refractivity contribution in [1.82, 2.24) is 9.78 Å². The molecule has 0 spiro atoms. The van der Waals surface area contributed by atoms with E-state index in [1.807, 2.05) is 24.3 Å². The largest absolute Gasteiger partial charge is 0.399 e. The number of aliphatic hydroxyl groups is 1. The number of anilines is 2. The van der Waals surface area contributed by atoms with E-state index in [0.29, 0.717) is 22.4 Å². The lowest BCUT2D eigenvalue weighted by Gasteiger charge is -2.10. The highest BCUT2D eigenvalue weighted by atomic mass is 79.9. The summed E-state index contributed by atoms with van der Waals surface area (Å²) >= 11 is 3.25. The Labute approximate surface area is 124 Å². The molecule has 0 aliphatic heterocycles. The number of hydrogen-bond acceptors (Lipinski definition) is 5. The zero-order chi connectivity index (χ0) is 14.5. The van der Waals surface area contributed by atoms with E-state index >= 15 is 0 Å².